The first kappa shape index (κ1) is 119. The maximum atomic E-state index is 14.8. The topological polar surface area (TPSA) is 750 Å². The summed E-state index contributed by atoms with van der Waals surface area (Å²) in [6.07, 6.45) is 17.7. The fourth-order valence-corrected chi connectivity index (χ4v) is 15.0. The molecule has 758 valence electrons. The zero-order valence-corrected chi connectivity index (χ0v) is 80.0. The molecule has 0 radical (unpaired) electrons. The van der Waals surface area contributed by atoms with Crippen molar-refractivity contribution in [2.24, 2.45) is 46.2 Å². The van der Waals surface area contributed by atoms with E-state index >= 15 is 0 Å². The summed E-state index contributed by atoms with van der Waals surface area (Å²) < 4.78 is 0. The molecule has 0 spiro atoms. The molecule has 34 N–H and O–H groups in total. The largest absolute Gasteiger partial charge is 0.508 e. The van der Waals surface area contributed by atoms with Crippen LogP contribution in [0.25, 0.3) is 0 Å². The number of aromatic amines is 1. The van der Waals surface area contributed by atoms with Gasteiger partial charge in [0.15, 0.2) is 11.9 Å². The molecule has 1 aromatic heterocycles. The molecule has 1 aromatic carbocycles. The lowest BCUT2D eigenvalue weighted by atomic mass is 10.0. The number of thioether (sulfide) groups is 1. The average molecular weight is 1910 g/mol. The Bertz CT molecular complexity index is 3910. The number of nitrogens with one attached hydrogen (secondary N) is 18. The number of nitrogens with two attached hydrogens (primary N) is 6. The van der Waals surface area contributed by atoms with Crippen LogP contribution in [0.15, 0.2) is 36.8 Å². The third-order valence-corrected chi connectivity index (χ3v) is 22.6. The van der Waals surface area contributed by atoms with Crippen molar-refractivity contribution in [3.05, 3.63) is 48.0 Å². The number of aromatic nitrogens is 2. The number of phenols is 1. The van der Waals surface area contributed by atoms with E-state index in [0.29, 0.717) is 49.9 Å². The number of carbonyl (C=O) groups is 15. The number of rotatable bonds is 75. The van der Waals surface area contributed by atoms with Crippen LogP contribution in [0.1, 0.15) is 252 Å². The van der Waals surface area contributed by atoms with E-state index in [0.717, 1.165) is 32.6 Å². The van der Waals surface area contributed by atoms with Crippen LogP contribution in [-0.4, -0.2) is 267 Å². The molecular formula is C89H157N25O19S. The third kappa shape index (κ3) is 51.4. The summed E-state index contributed by atoms with van der Waals surface area (Å²) in [6.45, 7) is 9.93. The highest BCUT2D eigenvalue weighted by molar-refractivity contribution is 7.98. The predicted molar refractivity (Wildman–Crippen MR) is 509 cm³/mol. The minimum Gasteiger partial charge on any atom is -0.508 e. The smallest absolute Gasteiger partial charge is 0.305 e. The molecular weight excluding hydrogens is 1760 g/mol. The molecule has 0 aliphatic rings. The van der Waals surface area contributed by atoms with Gasteiger partial charge in [-0.2, -0.15) is 11.8 Å². The van der Waals surface area contributed by atoms with Crippen LogP contribution in [0, 0.1) is 22.7 Å². The fourth-order valence-electron chi connectivity index (χ4n) is 14.5. The number of H-pyrrole nitrogens is 1. The number of unbranched alkanes of at least 4 members (excludes halogenated alkanes) is 15. The molecule has 0 saturated heterocycles. The molecule has 0 saturated carbocycles. The standard InChI is InChI=1S/C89H157N25O19S/c1-8-9-10-11-12-13-14-15-16-17-18-19-20-34-72(118)102-60(29-21-24-40-90)76(122)103-61(30-22-25-41-91)77(123)109-67(46-54(2)3)82(128)105-64(33-28-44-100-89(96)97)80(126)113-71(52-115)86(132)107-65(39-45-134-7)81(127)114-74(56(6)116)87(133)112-70(50-73(119)120)85(131)104-62(31-23-26-42-92)78(124)111-69(48-57-35-37-59(117)38-36-57)84(130)106-63(32-27-43-99-88(94)95)79(125)110-68(47-55(4)5)83(129)108-66(75(93)121)49-58-51-98-53-101-58/h35-38,51,53-56,60-71,74,115-117H,8-34,39-50,52,90-92H2,1-7H3,(H2,93,121)(H,98,101)(H,102,118)(H,103,122)(H,104,131)(H,105,128)(H,106,130)(H,107,132)(H,108,129)(H,109,123)(H,110,125)(H,111,124)(H,112,133)(H,113,126)(H,114,127)(H,119,120)(H4,94,95,99)(H4,96,97,100)/t56-,60+,61+,62+,63+,64+,65+,66-,67+,68+,69+,70+,71+,74+/m1/s1. The van der Waals surface area contributed by atoms with Gasteiger partial charge in [0.05, 0.1) is 31.2 Å². The Morgan fingerprint density at radius 2 is 0.769 bits per heavy atom. The Labute approximate surface area is 790 Å². The second-order valence-electron chi connectivity index (χ2n) is 34.7. The lowest BCUT2D eigenvalue weighted by molar-refractivity contribution is -0.142. The van der Waals surface area contributed by atoms with E-state index in [2.05, 4.69) is 96.6 Å². The summed E-state index contributed by atoms with van der Waals surface area (Å²) in [4.78, 5) is 219. The van der Waals surface area contributed by atoms with Gasteiger partial charge < -0.3 is 140 Å². The number of carboxylic acid groups (broad SMARTS) is 1. The molecule has 2 rings (SSSR count). The number of guanidine groups is 2. The summed E-state index contributed by atoms with van der Waals surface area (Å²) >= 11 is 1.21. The van der Waals surface area contributed by atoms with E-state index in [1.807, 2.05) is 0 Å². The van der Waals surface area contributed by atoms with Gasteiger partial charge in [0, 0.05) is 38.5 Å². The van der Waals surface area contributed by atoms with Gasteiger partial charge in [-0.05, 0) is 177 Å². The number of hydrogen-bond acceptors (Lipinski definition) is 25. The van der Waals surface area contributed by atoms with Gasteiger partial charge in [-0.1, -0.05) is 124 Å². The Kier molecular flexibility index (Phi) is 61.2. The monoisotopic (exact) mass is 1910 g/mol. The highest BCUT2D eigenvalue weighted by Gasteiger charge is 2.40. The number of aromatic hydroxyl groups is 1. The van der Waals surface area contributed by atoms with Crippen LogP contribution < -0.4 is 114 Å². The van der Waals surface area contributed by atoms with Crippen LogP contribution in [0.3, 0.4) is 0 Å². The summed E-state index contributed by atoms with van der Waals surface area (Å²) in [5.74, 6) is -16.4. The van der Waals surface area contributed by atoms with Crippen LogP contribution in [-0.2, 0) is 84.8 Å². The van der Waals surface area contributed by atoms with Crippen LogP contribution >= 0.6 is 11.8 Å². The van der Waals surface area contributed by atoms with Crippen LogP contribution in [0.5, 0.6) is 5.75 Å². The van der Waals surface area contributed by atoms with Gasteiger partial charge in [0.2, 0.25) is 82.7 Å². The summed E-state index contributed by atoms with van der Waals surface area (Å²) in [7, 11) is 0. The van der Waals surface area contributed by atoms with Crippen molar-refractivity contribution in [1.82, 2.24) is 89.7 Å². The molecule has 134 heavy (non-hydrogen) atoms. The van der Waals surface area contributed by atoms with Crippen molar-refractivity contribution in [3.8, 4) is 5.75 Å². The number of carbonyl (C=O) groups excluding carboxylic acids is 14. The van der Waals surface area contributed by atoms with E-state index in [1.54, 1.807) is 34.0 Å². The number of carboxylic acids is 1. The van der Waals surface area contributed by atoms with E-state index < -0.39 is 192 Å². The van der Waals surface area contributed by atoms with Crippen molar-refractivity contribution in [2.75, 3.05) is 51.3 Å². The van der Waals surface area contributed by atoms with Crippen molar-refractivity contribution < 1.29 is 92.3 Å². The molecule has 0 aliphatic carbocycles. The number of amides is 14. The maximum absolute atomic E-state index is 14.8. The van der Waals surface area contributed by atoms with Crippen molar-refractivity contribution in [3.63, 3.8) is 0 Å². The molecule has 0 unspecified atom stereocenters. The first-order valence-electron chi connectivity index (χ1n) is 47.1. The van der Waals surface area contributed by atoms with E-state index in [9.17, 15) is 92.3 Å². The van der Waals surface area contributed by atoms with Gasteiger partial charge >= 0.3 is 5.97 Å². The number of benzene rings is 1. The fraction of sp³-hybridized carbons (Fsp3) is 0.708. The molecule has 0 aliphatic heterocycles. The maximum Gasteiger partial charge on any atom is 0.305 e. The molecule has 0 fully saturated rings. The zero-order chi connectivity index (χ0) is 100. The molecule has 14 atom stereocenters. The third-order valence-electron chi connectivity index (χ3n) is 22.0. The zero-order valence-electron chi connectivity index (χ0n) is 79.2. The number of primary amides is 1. The van der Waals surface area contributed by atoms with Gasteiger partial charge in [0.1, 0.15) is 84.3 Å². The number of aliphatic carboxylic acids is 1. The van der Waals surface area contributed by atoms with Gasteiger partial charge in [-0.25, -0.2) is 4.98 Å². The minimum absolute atomic E-state index is 0.00220. The number of phenolic OH excluding ortho intramolecular Hbond substituents is 1. The van der Waals surface area contributed by atoms with Gasteiger partial charge in [0.25, 0.3) is 0 Å². The minimum atomic E-state index is -2.10. The number of hydrogen-bond donors (Lipinski definition) is 28. The van der Waals surface area contributed by atoms with E-state index in [-0.39, 0.29) is 152 Å². The number of aliphatic hydroxyl groups is 2. The Morgan fingerprint density at radius 3 is 1.15 bits per heavy atom. The molecule has 1 heterocycles. The predicted octanol–water partition coefficient (Wildman–Crippen LogP) is -1.22. The number of imidazole rings is 1. The lowest BCUT2D eigenvalue weighted by Gasteiger charge is -2.29. The van der Waals surface area contributed by atoms with Crippen LogP contribution in [0.2, 0.25) is 0 Å². The SMILES string of the molecule is CCCCCCCCCCCCCCCC(=O)N[C@@H](CCCCN)C(=O)N[C@@H](CCCCN)C(=O)N[C@@H](CC(C)C)C(=O)N[C@@H](CCCNC(=N)N)C(=O)N[C@@H](CO)C(=O)N[C@@H](CCSC)C(=O)N[C@H](C(=O)N[C@@H](CC(=O)O)C(=O)N[C@@H](CCCCN)C(=O)N[C@@H](Cc1ccc(O)cc1)C(=O)N[C@@H](CCCNC(=N)N)C(=O)N[C@@H](CC(C)C)C(=O)N[C@H](Cc1c[nH]cn1)C(N)=O)[C@@H](C)O. The molecule has 45 heteroatoms. The van der Waals surface area contributed by atoms with E-state index in [4.69, 9.17) is 45.2 Å². The Morgan fingerprint density at radius 1 is 0.418 bits per heavy atom. The second-order valence-corrected chi connectivity index (χ2v) is 35.7. The Balaban J connectivity index is 2.51. The number of nitrogens with zero attached hydrogens (tertiary/aromatic N) is 1. The molecule has 0 bridgehead atoms. The van der Waals surface area contributed by atoms with Gasteiger partial charge in [-0.15, -0.1) is 0 Å². The first-order chi connectivity index (χ1) is 63.8. The molecule has 14 amide bonds. The highest BCUT2D eigenvalue weighted by atomic mass is 32.2. The Hall–Kier alpha value is -11.0. The quantitative estimate of drug-likeness (QED) is 0.0210. The van der Waals surface area contributed by atoms with Crippen LogP contribution in [0.4, 0.5) is 0 Å². The second kappa shape index (κ2) is 68.9. The molecule has 2 aromatic rings. The molecule has 44 nitrogen and oxygen atoms in total. The van der Waals surface area contributed by atoms with E-state index in [1.165, 1.54) is 99.9 Å². The highest BCUT2D eigenvalue weighted by Crippen LogP contribution is 2.19. The van der Waals surface area contributed by atoms with Crippen molar-refractivity contribution in [1.29, 1.82) is 10.8 Å². The number of aliphatic hydroxyl groups excluding tert-OH is 2. The van der Waals surface area contributed by atoms with Crippen molar-refractivity contribution in [2.45, 2.75) is 338 Å². The van der Waals surface area contributed by atoms with Crippen molar-refractivity contribution >= 4 is 112 Å². The summed E-state index contributed by atoms with van der Waals surface area (Å²) in [5.41, 5.74) is 35.0. The summed E-state index contributed by atoms with van der Waals surface area (Å²) in [5, 5.41) is 96.4. The average Bonchev–Trinajstić information content (AvgIpc) is 0.943. The summed E-state index contributed by atoms with van der Waals surface area (Å²) in [6, 6.07) is -14.8. The first-order valence-corrected chi connectivity index (χ1v) is 48.5. The van der Waals surface area contributed by atoms with Gasteiger partial charge in [-0.3, -0.25) is 82.7 Å². The normalized spacial score (nSPS) is 14.4. The lowest BCUT2D eigenvalue weighted by Crippen LogP contribution is -2.62.